The molecule has 1 fully saturated rings. The Bertz CT molecular complexity index is 831. The molecular weight excluding hydrogens is 374 g/mol. The van der Waals surface area contributed by atoms with Crippen LogP contribution in [0.15, 0.2) is 59.4 Å². The van der Waals surface area contributed by atoms with Crippen LogP contribution in [0, 0.1) is 5.92 Å². The lowest BCUT2D eigenvalue weighted by atomic mass is 9.83. The zero-order chi connectivity index (χ0) is 21.3. The molecule has 5 heteroatoms. The first-order valence-corrected chi connectivity index (χ1v) is 11.4. The van der Waals surface area contributed by atoms with E-state index >= 15 is 0 Å². The molecule has 3 aliphatic heterocycles. The number of rotatable bonds is 7. The van der Waals surface area contributed by atoms with Gasteiger partial charge in [-0.05, 0) is 55.6 Å². The highest BCUT2D eigenvalue weighted by Gasteiger charge is 2.33. The number of allylic oxidation sites excluding steroid dienone is 5. The fourth-order valence-electron chi connectivity index (χ4n) is 4.66. The van der Waals surface area contributed by atoms with E-state index in [2.05, 4.69) is 54.3 Å². The van der Waals surface area contributed by atoms with Crippen molar-refractivity contribution >= 4 is 5.91 Å². The third kappa shape index (κ3) is 4.07. The minimum Gasteiger partial charge on any atom is -0.463 e. The fraction of sp³-hybridized carbons (Fsp3) is 0.560. The van der Waals surface area contributed by atoms with E-state index in [0.29, 0.717) is 0 Å². The Morgan fingerprint density at radius 2 is 1.90 bits per heavy atom. The number of carbonyl (C=O) groups excluding carboxylic acids is 1. The SMILES string of the molecule is CCCN(CCC1CCC1)C(=O)C1C=C(C2=C3OC(C)=CC3N(C)C=C2)C=CN1C. The van der Waals surface area contributed by atoms with E-state index in [-0.39, 0.29) is 18.0 Å². The second-order valence-electron chi connectivity index (χ2n) is 9.04. The quantitative estimate of drug-likeness (QED) is 0.632. The van der Waals surface area contributed by atoms with Crippen LogP contribution in [-0.2, 0) is 9.53 Å². The normalized spacial score (nSPS) is 25.6. The van der Waals surface area contributed by atoms with Crippen molar-refractivity contribution in [2.45, 2.75) is 58.0 Å². The van der Waals surface area contributed by atoms with Crippen molar-refractivity contribution < 1.29 is 9.53 Å². The number of hydrogen-bond donors (Lipinski definition) is 0. The summed E-state index contributed by atoms with van der Waals surface area (Å²) in [5.74, 6) is 2.91. The van der Waals surface area contributed by atoms with Gasteiger partial charge in [0.25, 0.3) is 0 Å². The second kappa shape index (κ2) is 8.75. The van der Waals surface area contributed by atoms with Crippen LogP contribution in [0.2, 0.25) is 0 Å². The Balaban J connectivity index is 1.55. The zero-order valence-electron chi connectivity index (χ0n) is 18.8. The van der Waals surface area contributed by atoms with E-state index in [1.54, 1.807) is 0 Å². The molecule has 3 heterocycles. The van der Waals surface area contributed by atoms with Gasteiger partial charge in [0.2, 0.25) is 5.91 Å². The molecule has 5 nitrogen and oxygen atoms in total. The monoisotopic (exact) mass is 409 g/mol. The molecule has 2 atom stereocenters. The van der Waals surface area contributed by atoms with Gasteiger partial charge in [-0.15, -0.1) is 0 Å². The zero-order valence-corrected chi connectivity index (χ0v) is 18.8. The number of hydrogen-bond acceptors (Lipinski definition) is 4. The van der Waals surface area contributed by atoms with Gasteiger partial charge in [0.15, 0.2) is 0 Å². The van der Waals surface area contributed by atoms with Crippen molar-refractivity contribution in [1.82, 2.24) is 14.7 Å². The number of amides is 1. The molecule has 0 spiro atoms. The minimum atomic E-state index is -0.270. The van der Waals surface area contributed by atoms with Crippen LogP contribution in [0.1, 0.15) is 46.0 Å². The molecule has 0 N–H and O–H groups in total. The number of likely N-dealkylation sites (N-methyl/N-ethyl adjacent to an activating group) is 2. The number of nitrogens with zero attached hydrogens (tertiary/aromatic N) is 3. The van der Waals surface area contributed by atoms with Gasteiger partial charge < -0.3 is 19.4 Å². The first-order chi connectivity index (χ1) is 14.5. The van der Waals surface area contributed by atoms with Crippen molar-refractivity contribution in [3.63, 3.8) is 0 Å². The average molecular weight is 410 g/mol. The first-order valence-electron chi connectivity index (χ1n) is 11.4. The van der Waals surface area contributed by atoms with E-state index in [9.17, 15) is 4.79 Å². The van der Waals surface area contributed by atoms with E-state index in [1.807, 2.05) is 25.1 Å². The van der Waals surface area contributed by atoms with Gasteiger partial charge in [-0.3, -0.25) is 4.79 Å². The van der Waals surface area contributed by atoms with E-state index in [4.69, 9.17) is 4.74 Å². The van der Waals surface area contributed by atoms with E-state index in [1.165, 1.54) is 19.3 Å². The van der Waals surface area contributed by atoms with Crippen molar-refractivity contribution in [3.05, 3.63) is 59.4 Å². The Morgan fingerprint density at radius 3 is 2.60 bits per heavy atom. The lowest BCUT2D eigenvalue weighted by Gasteiger charge is -2.35. The third-order valence-electron chi connectivity index (χ3n) is 6.78. The molecule has 2 unspecified atom stereocenters. The maximum atomic E-state index is 13.5. The van der Waals surface area contributed by atoms with Gasteiger partial charge >= 0.3 is 0 Å². The van der Waals surface area contributed by atoms with Crippen molar-refractivity contribution in [1.29, 1.82) is 0 Å². The first kappa shape index (κ1) is 20.8. The molecule has 0 aromatic rings. The highest BCUT2D eigenvalue weighted by Crippen LogP contribution is 2.36. The molecule has 162 valence electrons. The molecule has 0 saturated heterocycles. The molecule has 30 heavy (non-hydrogen) atoms. The van der Waals surface area contributed by atoms with E-state index < -0.39 is 0 Å². The molecule has 1 saturated carbocycles. The Labute approximate surface area is 181 Å². The second-order valence-corrected chi connectivity index (χ2v) is 9.04. The highest BCUT2D eigenvalue weighted by atomic mass is 16.5. The highest BCUT2D eigenvalue weighted by molar-refractivity contribution is 5.85. The van der Waals surface area contributed by atoms with Gasteiger partial charge in [-0.25, -0.2) is 0 Å². The van der Waals surface area contributed by atoms with Gasteiger partial charge in [0.1, 0.15) is 17.8 Å². The number of fused-ring (bicyclic) bond motifs is 1. The molecular formula is C25H35N3O2. The van der Waals surface area contributed by atoms with Gasteiger partial charge in [-0.2, -0.15) is 0 Å². The molecule has 0 aromatic carbocycles. The maximum absolute atomic E-state index is 13.5. The molecule has 0 radical (unpaired) electrons. The standard InChI is InChI=1S/C25H35N3O2/c1-5-12-28(15-9-19-7-6-8-19)25(29)23-17-20(10-13-27(23)4)21-11-14-26(3)22-16-18(2)30-24(21)22/h10-11,13-14,16-17,19,22-23H,5-9,12,15H2,1-4H3. The van der Waals surface area contributed by atoms with Gasteiger partial charge in [0, 0.05) is 45.2 Å². The third-order valence-corrected chi connectivity index (χ3v) is 6.78. The number of ether oxygens (including phenoxy) is 1. The van der Waals surface area contributed by atoms with Crippen LogP contribution < -0.4 is 0 Å². The minimum absolute atomic E-state index is 0.132. The Hall–Kier alpha value is -2.43. The smallest absolute Gasteiger partial charge is 0.249 e. The Morgan fingerprint density at radius 1 is 1.13 bits per heavy atom. The van der Waals surface area contributed by atoms with Crippen LogP contribution in [0.25, 0.3) is 0 Å². The van der Waals surface area contributed by atoms with Crippen LogP contribution >= 0.6 is 0 Å². The summed E-state index contributed by atoms with van der Waals surface area (Å²) in [6.07, 6.45) is 18.7. The predicted molar refractivity (Wildman–Crippen MR) is 120 cm³/mol. The van der Waals surface area contributed by atoms with Crippen molar-refractivity contribution in [3.8, 4) is 0 Å². The average Bonchev–Trinajstić information content (AvgIpc) is 3.09. The summed E-state index contributed by atoms with van der Waals surface area (Å²) < 4.78 is 6.06. The summed E-state index contributed by atoms with van der Waals surface area (Å²) in [7, 11) is 4.05. The molecule has 1 amide bonds. The molecule has 0 aromatic heterocycles. The van der Waals surface area contributed by atoms with Crippen molar-refractivity contribution in [2.24, 2.45) is 5.92 Å². The molecule has 4 rings (SSSR count). The summed E-state index contributed by atoms with van der Waals surface area (Å²) in [5, 5.41) is 0. The van der Waals surface area contributed by atoms with Crippen molar-refractivity contribution in [2.75, 3.05) is 27.2 Å². The summed E-state index contributed by atoms with van der Waals surface area (Å²) in [6.45, 7) is 5.85. The van der Waals surface area contributed by atoms with Gasteiger partial charge in [-0.1, -0.05) is 26.2 Å². The Kier molecular flexibility index (Phi) is 6.07. The van der Waals surface area contributed by atoms with Gasteiger partial charge in [0.05, 0.1) is 5.76 Å². The number of carbonyl (C=O) groups is 1. The largest absolute Gasteiger partial charge is 0.463 e. The fourth-order valence-corrected chi connectivity index (χ4v) is 4.66. The predicted octanol–water partition coefficient (Wildman–Crippen LogP) is 4.19. The summed E-state index contributed by atoms with van der Waals surface area (Å²) in [6, 6.07) is -0.139. The maximum Gasteiger partial charge on any atom is 0.249 e. The topological polar surface area (TPSA) is 36.0 Å². The van der Waals surface area contributed by atoms with Crippen LogP contribution in [0.5, 0.6) is 0 Å². The lowest BCUT2D eigenvalue weighted by Crippen LogP contribution is -2.46. The lowest BCUT2D eigenvalue weighted by molar-refractivity contribution is -0.134. The van der Waals surface area contributed by atoms with Crippen LogP contribution in [0.4, 0.5) is 0 Å². The summed E-state index contributed by atoms with van der Waals surface area (Å²) in [4.78, 5) is 19.8. The molecule has 4 aliphatic rings. The van der Waals surface area contributed by atoms with Crippen LogP contribution in [-0.4, -0.2) is 59.9 Å². The van der Waals surface area contributed by atoms with E-state index in [0.717, 1.165) is 54.5 Å². The summed E-state index contributed by atoms with van der Waals surface area (Å²) >= 11 is 0. The molecule has 0 bridgehead atoms. The molecule has 1 aliphatic carbocycles. The summed E-state index contributed by atoms with van der Waals surface area (Å²) in [5.41, 5.74) is 2.14. The van der Waals surface area contributed by atoms with Crippen LogP contribution in [0.3, 0.4) is 0 Å².